The van der Waals surface area contributed by atoms with Crippen molar-refractivity contribution in [3.63, 3.8) is 0 Å². The molecule has 15 unspecified atom stereocenters. The number of esters is 1. The molecule has 67 heavy (non-hydrogen) atoms. The third kappa shape index (κ3) is 5.00. The topological polar surface area (TPSA) is 136 Å². The minimum absolute atomic E-state index is 0.0369. The van der Waals surface area contributed by atoms with Crippen LogP contribution in [-0.4, -0.2) is 58.1 Å². The molecule has 0 spiro atoms. The Morgan fingerprint density at radius 2 is 1.36 bits per heavy atom. The average Bonchev–Trinajstić information content (AvgIpc) is 3.27. The van der Waals surface area contributed by atoms with Crippen LogP contribution in [0.15, 0.2) is 52.7 Å². The second-order valence-corrected chi connectivity index (χ2v) is 26.3. The maximum absolute atomic E-state index is 14.8. The monoisotopic (exact) mass is 915 g/mol. The number of benzene rings is 1. The second-order valence-electron chi connectivity index (χ2n) is 26.3. The lowest BCUT2D eigenvalue weighted by Gasteiger charge is -2.70. The van der Waals surface area contributed by atoms with Gasteiger partial charge in [-0.3, -0.25) is 19.2 Å². The van der Waals surface area contributed by atoms with Crippen LogP contribution in [0.4, 0.5) is 0 Å². The number of carbonyl (C=O) groups is 4. The summed E-state index contributed by atoms with van der Waals surface area (Å²) >= 11 is 0. The van der Waals surface area contributed by atoms with E-state index in [2.05, 4.69) is 68.4 Å². The van der Waals surface area contributed by atoms with Crippen LogP contribution in [0.1, 0.15) is 175 Å². The van der Waals surface area contributed by atoms with Gasteiger partial charge in [-0.2, -0.15) is 0 Å². The molecule has 0 amide bonds. The van der Waals surface area contributed by atoms with Gasteiger partial charge >= 0.3 is 11.8 Å². The highest BCUT2D eigenvalue weighted by Gasteiger charge is 2.73. The molecule has 1 aliphatic heterocycles. The lowest BCUT2D eigenvalue weighted by molar-refractivity contribution is -0.231. The molecular weight excluding hydrogens is 841 g/mol. The Hall–Kier alpha value is -3.82. The normalized spacial score (nSPS) is 50.1. The number of carbonyl (C=O) groups excluding carboxylic acids is 4. The fraction of sp³-hybridized carbons (Fsp3) is 0.690. The van der Waals surface area contributed by atoms with Crippen LogP contribution >= 0.6 is 0 Å². The van der Waals surface area contributed by atoms with Gasteiger partial charge in [0.05, 0.1) is 12.5 Å². The van der Waals surface area contributed by atoms with Crippen LogP contribution in [0, 0.1) is 68.0 Å². The molecular formula is C58H74O9. The Morgan fingerprint density at radius 1 is 0.731 bits per heavy atom. The van der Waals surface area contributed by atoms with Crippen molar-refractivity contribution in [1.29, 1.82) is 0 Å². The summed E-state index contributed by atoms with van der Waals surface area (Å²) in [5.74, 6) is -2.42. The van der Waals surface area contributed by atoms with Crippen molar-refractivity contribution in [3.05, 3.63) is 69.4 Å². The Balaban J connectivity index is 0.986. The van der Waals surface area contributed by atoms with Crippen molar-refractivity contribution in [1.82, 2.24) is 0 Å². The summed E-state index contributed by atoms with van der Waals surface area (Å²) in [6.07, 6.45) is 16.9. The van der Waals surface area contributed by atoms with Gasteiger partial charge in [0.25, 0.3) is 0 Å². The summed E-state index contributed by atoms with van der Waals surface area (Å²) < 4.78 is 19.2. The average molecular weight is 915 g/mol. The first-order chi connectivity index (χ1) is 31.0. The summed E-state index contributed by atoms with van der Waals surface area (Å²) in [5, 5.41) is 24.2. The fourth-order valence-corrected chi connectivity index (χ4v) is 18.4. The standard InChI is InChI=1S/C58H74O9/c1-31-26-39-52(7,46(62)44(31)61)21-25-53(8)38-15-14-33-34(50(38,5)19-23-55(39,53)10)28-42(60)58(64)57(33,12)66-37-27-35-43(32(2)45(37)67-58)36(59)29-40-51(35,6)20-24-56(11)41-30-49(4,47(63)65-13)17-16-48(41,3)18-22-54(40,56)9/h14-15,27-29,31,39,41,46,62,64H,16-26,30H2,1-13H3. The lowest BCUT2D eigenvalue weighted by Crippen LogP contribution is -2.70. The third-order valence-electron chi connectivity index (χ3n) is 23.5. The first-order valence-corrected chi connectivity index (χ1v) is 25.6. The minimum Gasteiger partial charge on any atom is -0.471 e. The van der Waals surface area contributed by atoms with Crippen LogP contribution in [-0.2, 0) is 24.5 Å². The summed E-state index contributed by atoms with van der Waals surface area (Å²) in [6.45, 7) is 26.3. The smallest absolute Gasteiger partial charge is 0.317 e. The van der Waals surface area contributed by atoms with Gasteiger partial charge in [0.1, 0.15) is 6.10 Å². The molecule has 9 aliphatic carbocycles. The molecule has 0 radical (unpaired) electrons. The Morgan fingerprint density at radius 3 is 2.04 bits per heavy atom. The van der Waals surface area contributed by atoms with E-state index in [-0.39, 0.29) is 68.1 Å². The molecule has 9 nitrogen and oxygen atoms in total. The van der Waals surface area contributed by atoms with Gasteiger partial charge in [0, 0.05) is 38.9 Å². The van der Waals surface area contributed by atoms with Crippen LogP contribution in [0.25, 0.3) is 0 Å². The molecule has 0 aromatic heterocycles. The molecule has 0 saturated heterocycles. The van der Waals surface area contributed by atoms with Crippen LogP contribution in [0.3, 0.4) is 0 Å². The Bertz CT molecular complexity index is 2670. The number of ketones is 3. The maximum Gasteiger partial charge on any atom is 0.317 e. The minimum atomic E-state index is -2.40. The van der Waals surface area contributed by atoms with E-state index in [9.17, 15) is 29.4 Å². The molecule has 9 heteroatoms. The second kappa shape index (κ2) is 13.1. The molecule has 360 valence electrons. The van der Waals surface area contributed by atoms with Gasteiger partial charge < -0.3 is 24.4 Å². The van der Waals surface area contributed by atoms with Gasteiger partial charge in [0.15, 0.2) is 23.1 Å². The van der Waals surface area contributed by atoms with E-state index >= 15 is 0 Å². The molecule has 6 fully saturated rings. The third-order valence-corrected chi connectivity index (χ3v) is 23.5. The Labute approximate surface area is 397 Å². The predicted octanol–water partition coefficient (Wildman–Crippen LogP) is 10.8. The van der Waals surface area contributed by atoms with E-state index in [4.69, 9.17) is 14.2 Å². The summed E-state index contributed by atoms with van der Waals surface area (Å²) in [4.78, 5) is 56.1. The van der Waals surface area contributed by atoms with E-state index < -0.39 is 44.9 Å². The molecule has 2 N–H and O–H groups in total. The van der Waals surface area contributed by atoms with Crippen LogP contribution < -0.4 is 9.47 Å². The van der Waals surface area contributed by atoms with Gasteiger partial charge in [-0.1, -0.05) is 80.0 Å². The SMILES string of the molecule is COC(=O)C1(C)CCC2(C)CCC3(C)C4=CC(=O)c5c(cc6c(c5C)OC5(O)C(=O)C=C7C(=CC=C8C7(C)CCC7(C)C9CC(C)C(=O)C(O)C9(C)CCC87C)C5(C)O6)C4(C)CCC3(C)C2C1. The molecule has 1 aromatic rings. The number of hydrogen-bond donors (Lipinski definition) is 2. The highest BCUT2D eigenvalue weighted by molar-refractivity contribution is 6.10. The lowest BCUT2D eigenvalue weighted by atomic mass is 9.34. The highest BCUT2D eigenvalue weighted by Crippen LogP contribution is 2.77. The zero-order chi connectivity index (χ0) is 48.5. The molecule has 1 aromatic carbocycles. The maximum atomic E-state index is 14.8. The number of allylic oxidation sites excluding steroid dienone is 5. The van der Waals surface area contributed by atoms with E-state index in [1.807, 2.05) is 32.1 Å². The number of rotatable bonds is 1. The van der Waals surface area contributed by atoms with Crippen LogP contribution in [0.5, 0.6) is 11.5 Å². The van der Waals surface area contributed by atoms with Crippen molar-refractivity contribution in [2.45, 2.75) is 183 Å². The van der Waals surface area contributed by atoms with Gasteiger partial charge in [-0.05, 0) is 172 Å². The Kier molecular flexibility index (Phi) is 8.93. The number of hydrogen-bond acceptors (Lipinski definition) is 9. The first kappa shape index (κ1) is 45.6. The first-order valence-electron chi connectivity index (χ1n) is 25.6. The van der Waals surface area contributed by atoms with Crippen molar-refractivity contribution >= 4 is 23.3 Å². The quantitative estimate of drug-likeness (QED) is 0.264. The number of methoxy groups -OCH3 is 1. The number of aliphatic hydroxyl groups excluding tert-OH is 1. The van der Waals surface area contributed by atoms with E-state index in [1.54, 1.807) is 13.0 Å². The van der Waals surface area contributed by atoms with E-state index in [1.165, 1.54) is 12.7 Å². The van der Waals surface area contributed by atoms with Gasteiger partial charge in [-0.15, -0.1) is 0 Å². The zero-order valence-corrected chi connectivity index (χ0v) is 42.4. The van der Waals surface area contributed by atoms with Crippen molar-refractivity contribution in [2.75, 3.05) is 7.11 Å². The molecule has 10 aliphatic rings. The predicted molar refractivity (Wildman–Crippen MR) is 254 cm³/mol. The molecule has 15 atom stereocenters. The molecule has 11 rings (SSSR count). The van der Waals surface area contributed by atoms with Crippen LogP contribution in [0.2, 0.25) is 0 Å². The number of fused-ring (bicyclic) bond motifs is 17. The van der Waals surface area contributed by atoms with Crippen molar-refractivity contribution in [2.24, 2.45) is 61.1 Å². The highest BCUT2D eigenvalue weighted by atomic mass is 16.7. The van der Waals surface area contributed by atoms with E-state index in [0.717, 1.165) is 93.8 Å². The molecule has 0 bridgehead atoms. The summed E-state index contributed by atoms with van der Waals surface area (Å²) in [7, 11) is 1.50. The molecule has 6 saturated carbocycles. The molecule has 1 heterocycles. The summed E-state index contributed by atoms with van der Waals surface area (Å²) in [6, 6.07) is 1.99. The largest absolute Gasteiger partial charge is 0.471 e. The zero-order valence-electron chi connectivity index (χ0n) is 42.4. The number of ether oxygens (including phenoxy) is 3. The van der Waals surface area contributed by atoms with Gasteiger partial charge in [-0.25, -0.2) is 0 Å². The number of Topliss-reactive ketones (excluding diaryl/α,β-unsaturated/α-hetero) is 1. The van der Waals surface area contributed by atoms with Gasteiger partial charge in [0.2, 0.25) is 11.4 Å². The fourth-order valence-electron chi connectivity index (χ4n) is 18.4. The van der Waals surface area contributed by atoms with E-state index in [0.29, 0.717) is 22.4 Å². The number of aliphatic hydroxyl groups is 2. The van der Waals surface area contributed by atoms with Crippen molar-refractivity contribution < 1.29 is 43.6 Å². The summed E-state index contributed by atoms with van der Waals surface area (Å²) in [5.41, 5.74) is 1.32. The van der Waals surface area contributed by atoms with Crippen molar-refractivity contribution in [3.8, 4) is 11.5 Å².